The Bertz CT molecular complexity index is 532. The molecule has 1 N–H and O–H groups in total. The van der Waals surface area contributed by atoms with Gasteiger partial charge in [0.1, 0.15) is 5.75 Å². The van der Waals surface area contributed by atoms with Gasteiger partial charge in [-0.15, -0.1) is 0 Å². The average molecular weight is 326 g/mol. The van der Waals surface area contributed by atoms with Crippen LogP contribution < -0.4 is 10.1 Å². The van der Waals surface area contributed by atoms with Gasteiger partial charge in [-0.2, -0.15) is 11.8 Å². The molecule has 0 fully saturated rings. The van der Waals surface area contributed by atoms with Gasteiger partial charge in [0, 0.05) is 34.1 Å². The highest BCUT2D eigenvalue weighted by Crippen LogP contribution is 2.49. The molecule has 0 amide bonds. The molecular weight excluding hydrogens is 302 g/mol. The Labute approximate surface area is 137 Å². The van der Waals surface area contributed by atoms with Crippen LogP contribution in [-0.4, -0.2) is 18.4 Å². The first-order chi connectivity index (χ1) is 10.1. The maximum atomic E-state index is 6.66. The predicted molar refractivity (Wildman–Crippen MR) is 91.6 cm³/mol. The summed E-state index contributed by atoms with van der Waals surface area (Å²) in [6.07, 6.45) is 2.13. The predicted octanol–water partition coefficient (Wildman–Crippen LogP) is 4.59. The summed E-state index contributed by atoms with van der Waals surface area (Å²) in [6, 6.07) is 2.47. The maximum Gasteiger partial charge on any atom is 0.127 e. The van der Waals surface area contributed by atoms with Gasteiger partial charge in [0.25, 0.3) is 0 Å². The van der Waals surface area contributed by atoms with Crippen LogP contribution in [0.2, 0.25) is 5.02 Å². The van der Waals surface area contributed by atoms with Crippen molar-refractivity contribution in [2.75, 3.05) is 13.2 Å². The van der Waals surface area contributed by atoms with E-state index in [2.05, 4.69) is 32.2 Å². The van der Waals surface area contributed by atoms with Crippen molar-refractivity contribution in [3.8, 4) is 5.75 Å². The molecule has 2 aliphatic rings. The smallest absolute Gasteiger partial charge is 0.127 e. The minimum atomic E-state index is 0.334. The van der Waals surface area contributed by atoms with Gasteiger partial charge in [-0.05, 0) is 36.1 Å². The van der Waals surface area contributed by atoms with E-state index in [0.29, 0.717) is 17.2 Å². The molecule has 0 saturated heterocycles. The highest BCUT2D eigenvalue weighted by molar-refractivity contribution is 7.99. The van der Waals surface area contributed by atoms with Crippen molar-refractivity contribution in [1.82, 2.24) is 5.32 Å². The number of benzene rings is 1. The fourth-order valence-corrected chi connectivity index (χ4v) is 5.22. The topological polar surface area (TPSA) is 21.3 Å². The highest BCUT2D eigenvalue weighted by atomic mass is 35.5. The number of thioether (sulfide) groups is 1. The van der Waals surface area contributed by atoms with E-state index >= 15 is 0 Å². The number of fused-ring (bicyclic) bond motifs is 3. The molecular formula is C17H24ClNOS. The van der Waals surface area contributed by atoms with Crippen LogP contribution in [0.15, 0.2) is 6.07 Å². The second-order valence-corrected chi connectivity index (χ2v) is 7.86. The van der Waals surface area contributed by atoms with Crippen molar-refractivity contribution in [3.63, 3.8) is 0 Å². The Balaban J connectivity index is 2.05. The summed E-state index contributed by atoms with van der Waals surface area (Å²) in [5.41, 5.74) is 3.92. The van der Waals surface area contributed by atoms with Crippen LogP contribution in [0, 0.1) is 5.92 Å². The van der Waals surface area contributed by atoms with Crippen molar-refractivity contribution in [2.45, 2.75) is 50.7 Å². The molecule has 2 aliphatic heterocycles. The Kier molecular flexibility index (Phi) is 4.72. The highest BCUT2D eigenvalue weighted by Gasteiger charge is 2.36. The second kappa shape index (κ2) is 6.39. The van der Waals surface area contributed by atoms with Gasteiger partial charge in [0.15, 0.2) is 0 Å². The zero-order valence-corrected chi connectivity index (χ0v) is 14.6. The SMILES string of the molecule is CCCNC1c2c(Cl)cc3c(c2CSC1C(C)C)OCC3. The summed E-state index contributed by atoms with van der Waals surface area (Å²) < 4.78 is 5.90. The van der Waals surface area contributed by atoms with E-state index in [-0.39, 0.29) is 0 Å². The first-order valence-corrected chi connectivity index (χ1v) is 9.38. The number of halogens is 1. The minimum Gasteiger partial charge on any atom is -0.493 e. The number of rotatable bonds is 4. The van der Waals surface area contributed by atoms with Gasteiger partial charge < -0.3 is 10.1 Å². The van der Waals surface area contributed by atoms with Gasteiger partial charge in [0.2, 0.25) is 0 Å². The lowest BCUT2D eigenvalue weighted by molar-refractivity contribution is 0.352. The summed E-state index contributed by atoms with van der Waals surface area (Å²) in [4.78, 5) is 0. The van der Waals surface area contributed by atoms with E-state index in [1.54, 1.807) is 0 Å². The van der Waals surface area contributed by atoms with Gasteiger partial charge in [-0.25, -0.2) is 0 Å². The van der Waals surface area contributed by atoms with Crippen molar-refractivity contribution in [3.05, 3.63) is 27.8 Å². The number of ether oxygens (including phenoxy) is 1. The monoisotopic (exact) mass is 325 g/mol. The molecule has 21 heavy (non-hydrogen) atoms. The van der Waals surface area contributed by atoms with Crippen LogP contribution in [0.4, 0.5) is 0 Å². The molecule has 0 aliphatic carbocycles. The van der Waals surface area contributed by atoms with Gasteiger partial charge in [-0.3, -0.25) is 0 Å². The summed E-state index contributed by atoms with van der Waals surface area (Å²) in [6.45, 7) is 8.65. The number of hydrogen-bond donors (Lipinski definition) is 1. The van der Waals surface area contributed by atoms with Crippen molar-refractivity contribution >= 4 is 23.4 Å². The van der Waals surface area contributed by atoms with Crippen LogP contribution in [0.25, 0.3) is 0 Å². The molecule has 1 aromatic rings. The quantitative estimate of drug-likeness (QED) is 0.875. The average Bonchev–Trinajstić information content (AvgIpc) is 2.92. The summed E-state index contributed by atoms with van der Waals surface area (Å²) >= 11 is 8.71. The number of hydrogen-bond acceptors (Lipinski definition) is 3. The first-order valence-electron chi connectivity index (χ1n) is 7.95. The molecule has 116 valence electrons. The van der Waals surface area contributed by atoms with Crippen molar-refractivity contribution in [1.29, 1.82) is 0 Å². The molecule has 2 heterocycles. The van der Waals surface area contributed by atoms with Gasteiger partial charge in [0.05, 0.1) is 6.61 Å². The van der Waals surface area contributed by atoms with Crippen molar-refractivity contribution in [2.24, 2.45) is 5.92 Å². The molecule has 3 rings (SSSR count). The minimum absolute atomic E-state index is 0.334. The molecule has 2 unspecified atom stereocenters. The van der Waals surface area contributed by atoms with E-state index in [4.69, 9.17) is 16.3 Å². The summed E-state index contributed by atoms with van der Waals surface area (Å²) in [7, 11) is 0. The van der Waals surface area contributed by atoms with E-state index < -0.39 is 0 Å². The Morgan fingerprint density at radius 3 is 3.00 bits per heavy atom. The van der Waals surface area contributed by atoms with Gasteiger partial charge in [-0.1, -0.05) is 32.4 Å². The maximum absolute atomic E-state index is 6.66. The standard InChI is InChI=1S/C17H24ClNOS/c1-4-6-19-15-14-12(9-21-17(15)10(2)3)16-11(5-7-20-16)8-13(14)18/h8,10,15,17,19H,4-7,9H2,1-3H3. The number of nitrogens with one attached hydrogen (secondary N) is 1. The molecule has 0 bridgehead atoms. The summed E-state index contributed by atoms with van der Waals surface area (Å²) in [5.74, 6) is 2.76. The van der Waals surface area contributed by atoms with Crippen LogP contribution in [0.5, 0.6) is 5.75 Å². The fourth-order valence-electron chi connectivity index (χ4n) is 3.40. The van der Waals surface area contributed by atoms with Crippen LogP contribution in [0.1, 0.15) is 49.9 Å². The normalized spacial score (nSPS) is 23.9. The van der Waals surface area contributed by atoms with Gasteiger partial charge >= 0.3 is 0 Å². The van der Waals surface area contributed by atoms with E-state index in [9.17, 15) is 0 Å². The Morgan fingerprint density at radius 2 is 2.29 bits per heavy atom. The zero-order valence-electron chi connectivity index (χ0n) is 13.0. The molecule has 2 atom stereocenters. The van der Waals surface area contributed by atoms with Crippen LogP contribution in [0.3, 0.4) is 0 Å². The summed E-state index contributed by atoms with van der Waals surface area (Å²) in [5, 5.41) is 5.23. The molecule has 0 aromatic heterocycles. The third-order valence-electron chi connectivity index (χ3n) is 4.40. The lowest BCUT2D eigenvalue weighted by Crippen LogP contribution is -2.37. The van der Waals surface area contributed by atoms with Crippen LogP contribution >= 0.6 is 23.4 Å². The third kappa shape index (κ3) is 2.80. The molecule has 4 heteroatoms. The van der Waals surface area contributed by atoms with E-state index in [1.165, 1.54) is 16.7 Å². The second-order valence-electron chi connectivity index (χ2n) is 6.29. The largest absolute Gasteiger partial charge is 0.493 e. The Hall–Kier alpha value is -0.380. The molecule has 0 radical (unpaired) electrons. The lowest BCUT2D eigenvalue weighted by atomic mass is 9.90. The molecule has 2 nitrogen and oxygen atoms in total. The first kappa shape index (κ1) is 15.5. The molecule has 0 spiro atoms. The fraction of sp³-hybridized carbons (Fsp3) is 0.647. The zero-order chi connectivity index (χ0) is 15.0. The Morgan fingerprint density at radius 1 is 1.48 bits per heavy atom. The van der Waals surface area contributed by atoms with Crippen molar-refractivity contribution < 1.29 is 4.74 Å². The van der Waals surface area contributed by atoms with Crippen LogP contribution in [-0.2, 0) is 12.2 Å². The third-order valence-corrected chi connectivity index (χ3v) is 6.37. The van der Waals surface area contributed by atoms with E-state index in [1.807, 2.05) is 11.8 Å². The van der Waals surface area contributed by atoms with E-state index in [0.717, 1.165) is 42.5 Å². The molecule has 0 saturated carbocycles. The lowest BCUT2D eigenvalue weighted by Gasteiger charge is -2.37. The molecule has 1 aromatic carbocycles.